The Labute approximate surface area is 151 Å². The fourth-order valence-electron chi connectivity index (χ4n) is 2.76. The highest BCUT2D eigenvalue weighted by Gasteiger charge is 2.21. The molecule has 1 heterocycles. The van der Waals surface area contributed by atoms with E-state index >= 15 is 0 Å². The lowest BCUT2D eigenvalue weighted by Gasteiger charge is -2.13. The number of rotatable bonds is 6. The van der Waals surface area contributed by atoms with Crippen LogP contribution in [0.3, 0.4) is 0 Å². The van der Waals surface area contributed by atoms with E-state index in [2.05, 4.69) is 10.6 Å². The highest BCUT2D eigenvalue weighted by molar-refractivity contribution is 6.32. The molecule has 1 aliphatic rings. The Bertz CT molecular complexity index is 748. The molecule has 0 spiro atoms. The van der Waals surface area contributed by atoms with Crippen LogP contribution < -0.4 is 15.4 Å². The zero-order valence-electron chi connectivity index (χ0n) is 13.7. The molecule has 0 aliphatic carbocycles. The summed E-state index contributed by atoms with van der Waals surface area (Å²) < 4.78 is 19.2. The molecule has 0 aromatic heterocycles. The van der Waals surface area contributed by atoms with E-state index in [-0.39, 0.29) is 24.4 Å². The monoisotopic (exact) mass is 362 g/mol. The predicted octanol–water partition coefficient (Wildman–Crippen LogP) is 3.43. The van der Waals surface area contributed by atoms with Crippen molar-refractivity contribution in [3.8, 4) is 5.75 Å². The predicted molar refractivity (Wildman–Crippen MR) is 95.1 cm³/mol. The summed E-state index contributed by atoms with van der Waals surface area (Å²) in [5, 5.41) is 6.50. The van der Waals surface area contributed by atoms with Crippen molar-refractivity contribution in [1.29, 1.82) is 0 Å². The van der Waals surface area contributed by atoms with Crippen LogP contribution in [0, 0.1) is 5.82 Å². The SMILES string of the molecule is O=C(NCc1ccc(OCc2ccccc2F)c(Cl)c1)C1CCCN1. The van der Waals surface area contributed by atoms with Gasteiger partial charge in [-0.3, -0.25) is 4.79 Å². The number of nitrogens with one attached hydrogen (secondary N) is 2. The molecule has 1 atom stereocenters. The molecule has 1 unspecified atom stereocenters. The quantitative estimate of drug-likeness (QED) is 0.827. The second-order valence-electron chi connectivity index (χ2n) is 6.01. The maximum atomic E-state index is 13.6. The molecule has 4 nitrogen and oxygen atoms in total. The normalized spacial score (nSPS) is 16.6. The highest BCUT2D eigenvalue weighted by atomic mass is 35.5. The van der Waals surface area contributed by atoms with Gasteiger partial charge in [-0.05, 0) is 43.1 Å². The van der Waals surface area contributed by atoms with Crippen molar-refractivity contribution < 1.29 is 13.9 Å². The van der Waals surface area contributed by atoms with Gasteiger partial charge in [0.1, 0.15) is 18.2 Å². The first-order valence-electron chi connectivity index (χ1n) is 8.29. The van der Waals surface area contributed by atoms with Crippen LogP contribution in [0.5, 0.6) is 5.75 Å². The fourth-order valence-corrected chi connectivity index (χ4v) is 3.02. The standard InChI is InChI=1S/C19H20ClFN2O2/c20-15-10-13(11-23-19(24)17-6-3-9-22-17)7-8-18(15)25-12-14-4-1-2-5-16(14)21/h1-2,4-5,7-8,10,17,22H,3,6,9,11-12H2,(H,23,24). The smallest absolute Gasteiger partial charge is 0.237 e. The lowest BCUT2D eigenvalue weighted by molar-refractivity contribution is -0.122. The number of hydrogen-bond acceptors (Lipinski definition) is 3. The molecule has 3 rings (SSSR count). The van der Waals surface area contributed by atoms with Crippen LogP contribution in [0.4, 0.5) is 4.39 Å². The summed E-state index contributed by atoms with van der Waals surface area (Å²) in [6.45, 7) is 1.40. The van der Waals surface area contributed by atoms with Gasteiger partial charge in [0.2, 0.25) is 5.91 Å². The Balaban J connectivity index is 1.55. The Morgan fingerprint density at radius 3 is 2.88 bits per heavy atom. The molecule has 1 amide bonds. The topological polar surface area (TPSA) is 50.4 Å². The number of hydrogen-bond donors (Lipinski definition) is 2. The minimum atomic E-state index is -0.307. The number of amides is 1. The third-order valence-electron chi connectivity index (χ3n) is 4.18. The van der Waals surface area contributed by atoms with Crippen molar-refractivity contribution in [2.24, 2.45) is 0 Å². The molecular weight excluding hydrogens is 343 g/mol. The Morgan fingerprint density at radius 2 is 2.16 bits per heavy atom. The Morgan fingerprint density at radius 1 is 1.32 bits per heavy atom. The summed E-state index contributed by atoms with van der Waals surface area (Å²) in [5.74, 6) is 0.185. The van der Waals surface area contributed by atoms with Gasteiger partial charge in [0.05, 0.1) is 11.1 Å². The van der Waals surface area contributed by atoms with Crippen LogP contribution in [0.2, 0.25) is 5.02 Å². The van der Waals surface area contributed by atoms with E-state index in [1.54, 1.807) is 30.3 Å². The van der Waals surface area contributed by atoms with Gasteiger partial charge >= 0.3 is 0 Å². The van der Waals surface area contributed by atoms with Crippen molar-refractivity contribution in [2.75, 3.05) is 6.54 Å². The van der Waals surface area contributed by atoms with Crippen LogP contribution in [-0.4, -0.2) is 18.5 Å². The van der Waals surface area contributed by atoms with Crippen molar-refractivity contribution >= 4 is 17.5 Å². The van der Waals surface area contributed by atoms with Gasteiger partial charge in [-0.1, -0.05) is 35.9 Å². The zero-order valence-corrected chi connectivity index (χ0v) is 14.5. The van der Waals surface area contributed by atoms with Gasteiger partial charge in [0, 0.05) is 12.1 Å². The third-order valence-corrected chi connectivity index (χ3v) is 4.48. The maximum absolute atomic E-state index is 13.6. The summed E-state index contributed by atoms with van der Waals surface area (Å²) in [7, 11) is 0. The van der Waals surface area contributed by atoms with Crippen molar-refractivity contribution in [2.45, 2.75) is 32.0 Å². The Kier molecular flexibility index (Phi) is 5.89. The van der Waals surface area contributed by atoms with Crippen LogP contribution in [0.25, 0.3) is 0 Å². The average molecular weight is 363 g/mol. The summed E-state index contributed by atoms with van der Waals surface area (Å²) >= 11 is 6.23. The van der Waals surface area contributed by atoms with Crippen LogP contribution >= 0.6 is 11.6 Å². The highest BCUT2D eigenvalue weighted by Crippen LogP contribution is 2.26. The average Bonchev–Trinajstić information content (AvgIpc) is 3.15. The van der Waals surface area contributed by atoms with E-state index in [4.69, 9.17) is 16.3 Å². The summed E-state index contributed by atoms with van der Waals surface area (Å²) in [6.07, 6.45) is 1.90. The van der Waals surface area contributed by atoms with E-state index in [0.29, 0.717) is 22.9 Å². The number of ether oxygens (including phenoxy) is 1. The van der Waals surface area contributed by atoms with Gasteiger partial charge in [0.25, 0.3) is 0 Å². The molecule has 25 heavy (non-hydrogen) atoms. The molecule has 1 saturated heterocycles. The number of benzene rings is 2. The van der Waals surface area contributed by atoms with E-state index in [1.165, 1.54) is 6.07 Å². The summed E-state index contributed by atoms with van der Waals surface area (Å²) in [4.78, 5) is 12.0. The minimum Gasteiger partial charge on any atom is -0.487 e. The molecule has 1 fully saturated rings. The lowest BCUT2D eigenvalue weighted by Crippen LogP contribution is -2.39. The van der Waals surface area contributed by atoms with E-state index in [0.717, 1.165) is 24.9 Å². The zero-order chi connectivity index (χ0) is 17.6. The molecule has 132 valence electrons. The summed E-state index contributed by atoms with van der Waals surface area (Å²) in [5.41, 5.74) is 1.36. The first kappa shape index (κ1) is 17.7. The van der Waals surface area contributed by atoms with Crippen molar-refractivity contribution in [3.63, 3.8) is 0 Å². The number of carbonyl (C=O) groups excluding carboxylic acids is 1. The first-order valence-corrected chi connectivity index (χ1v) is 8.67. The van der Waals surface area contributed by atoms with Crippen LogP contribution in [-0.2, 0) is 17.9 Å². The van der Waals surface area contributed by atoms with Gasteiger partial charge in [-0.15, -0.1) is 0 Å². The molecule has 1 aliphatic heterocycles. The number of carbonyl (C=O) groups is 1. The molecule has 2 aromatic carbocycles. The van der Waals surface area contributed by atoms with E-state index in [1.807, 2.05) is 6.07 Å². The van der Waals surface area contributed by atoms with Crippen molar-refractivity contribution in [1.82, 2.24) is 10.6 Å². The van der Waals surface area contributed by atoms with E-state index < -0.39 is 0 Å². The van der Waals surface area contributed by atoms with Gasteiger partial charge in [0.15, 0.2) is 0 Å². The summed E-state index contributed by atoms with van der Waals surface area (Å²) in [6, 6.07) is 11.7. The lowest BCUT2D eigenvalue weighted by atomic mass is 10.2. The van der Waals surface area contributed by atoms with Crippen molar-refractivity contribution in [3.05, 3.63) is 64.4 Å². The molecule has 0 radical (unpaired) electrons. The minimum absolute atomic E-state index is 0.00787. The molecule has 6 heteroatoms. The van der Waals surface area contributed by atoms with Crippen LogP contribution in [0.1, 0.15) is 24.0 Å². The first-order chi connectivity index (χ1) is 12.1. The van der Waals surface area contributed by atoms with Gasteiger partial charge in [-0.25, -0.2) is 4.39 Å². The second kappa shape index (κ2) is 8.32. The van der Waals surface area contributed by atoms with E-state index in [9.17, 15) is 9.18 Å². The molecule has 2 N–H and O–H groups in total. The third kappa shape index (κ3) is 4.71. The van der Waals surface area contributed by atoms with Gasteiger partial charge < -0.3 is 15.4 Å². The Hall–Kier alpha value is -2.11. The largest absolute Gasteiger partial charge is 0.487 e. The molecular formula is C19H20ClFN2O2. The fraction of sp³-hybridized carbons (Fsp3) is 0.316. The molecule has 0 saturated carbocycles. The second-order valence-corrected chi connectivity index (χ2v) is 6.42. The molecule has 0 bridgehead atoms. The molecule has 2 aromatic rings. The van der Waals surface area contributed by atoms with Gasteiger partial charge in [-0.2, -0.15) is 0 Å². The number of halogens is 2. The maximum Gasteiger partial charge on any atom is 0.237 e. The van der Waals surface area contributed by atoms with Crippen LogP contribution in [0.15, 0.2) is 42.5 Å².